The van der Waals surface area contributed by atoms with Crippen molar-refractivity contribution in [2.45, 2.75) is 25.8 Å². The third kappa shape index (κ3) is 2.96. The number of hydrogen-bond donors (Lipinski definition) is 1. The number of benzene rings is 1. The normalized spacial score (nSPS) is 20.3. The minimum atomic E-state index is 0.311. The van der Waals surface area contributed by atoms with Crippen LogP contribution in [0.2, 0.25) is 0 Å². The third-order valence-corrected chi connectivity index (χ3v) is 4.23. The molecule has 4 heteroatoms. The number of piperidine rings is 1. The second-order valence-electron chi connectivity index (χ2n) is 5.64. The molecule has 1 amide bonds. The SMILES string of the molecule is O=C1CCCCN1Cc1ccccc1N1CCNCC1. The zero-order chi connectivity index (χ0) is 13.8. The summed E-state index contributed by atoms with van der Waals surface area (Å²) in [4.78, 5) is 16.4. The second-order valence-corrected chi connectivity index (χ2v) is 5.64. The highest BCUT2D eigenvalue weighted by Crippen LogP contribution is 2.24. The minimum Gasteiger partial charge on any atom is -0.369 e. The first-order chi connectivity index (χ1) is 9.84. The van der Waals surface area contributed by atoms with Gasteiger partial charge in [0.25, 0.3) is 0 Å². The van der Waals surface area contributed by atoms with Gasteiger partial charge in [-0.3, -0.25) is 4.79 Å². The van der Waals surface area contributed by atoms with Crippen LogP contribution in [0.4, 0.5) is 5.69 Å². The molecule has 0 atom stereocenters. The average molecular weight is 273 g/mol. The Morgan fingerprint density at radius 3 is 2.65 bits per heavy atom. The number of carbonyl (C=O) groups is 1. The quantitative estimate of drug-likeness (QED) is 0.909. The maximum atomic E-state index is 12.0. The number of likely N-dealkylation sites (tertiary alicyclic amines) is 1. The van der Waals surface area contributed by atoms with Crippen LogP contribution in [-0.4, -0.2) is 43.5 Å². The Morgan fingerprint density at radius 2 is 1.85 bits per heavy atom. The molecule has 1 aromatic rings. The van der Waals surface area contributed by atoms with Gasteiger partial charge in [-0.25, -0.2) is 0 Å². The number of carbonyl (C=O) groups excluding carboxylic acids is 1. The fourth-order valence-corrected chi connectivity index (χ4v) is 3.09. The lowest BCUT2D eigenvalue weighted by Gasteiger charge is -2.33. The van der Waals surface area contributed by atoms with Gasteiger partial charge in [-0.2, -0.15) is 0 Å². The van der Waals surface area contributed by atoms with Gasteiger partial charge in [0.2, 0.25) is 5.91 Å². The summed E-state index contributed by atoms with van der Waals surface area (Å²) in [6.07, 6.45) is 2.91. The molecule has 0 saturated carbocycles. The molecule has 0 radical (unpaired) electrons. The molecule has 0 unspecified atom stereocenters. The van der Waals surface area contributed by atoms with Gasteiger partial charge in [-0.15, -0.1) is 0 Å². The molecule has 0 aliphatic carbocycles. The highest BCUT2D eigenvalue weighted by atomic mass is 16.2. The lowest BCUT2D eigenvalue weighted by Crippen LogP contribution is -2.44. The monoisotopic (exact) mass is 273 g/mol. The fraction of sp³-hybridized carbons (Fsp3) is 0.562. The predicted molar refractivity (Wildman–Crippen MR) is 80.8 cm³/mol. The molecule has 0 aromatic heterocycles. The summed E-state index contributed by atoms with van der Waals surface area (Å²) in [5.74, 6) is 0.311. The van der Waals surface area contributed by atoms with Crippen LogP contribution in [0.3, 0.4) is 0 Å². The average Bonchev–Trinajstić information content (AvgIpc) is 2.51. The van der Waals surface area contributed by atoms with Crippen molar-refractivity contribution >= 4 is 11.6 Å². The molecule has 3 rings (SSSR count). The molecule has 1 N–H and O–H groups in total. The van der Waals surface area contributed by atoms with E-state index in [0.717, 1.165) is 58.5 Å². The largest absolute Gasteiger partial charge is 0.369 e. The summed E-state index contributed by atoms with van der Waals surface area (Å²) in [7, 11) is 0. The molecular weight excluding hydrogens is 250 g/mol. The van der Waals surface area contributed by atoms with Gasteiger partial charge in [-0.05, 0) is 24.5 Å². The first-order valence-corrected chi connectivity index (χ1v) is 7.66. The number of nitrogens with zero attached hydrogens (tertiary/aromatic N) is 2. The summed E-state index contributed by atoms with van der Waals surface area (Å²) < 4.78 is 0. The Bertz CT molecular complexity index is 469. The van der Waals surface area contributed by atoms with Gasteiger partial charge >= 0.3 is 0 Å². The molecule has 2 aliphatic heterocycles. The van der Waals surface area contributed by atoms with Crippen molar-refractivity contribution < 1.29 is 4.79 Å². The standard InChI is InChI=1S/C16H23N3O/c20-16-7-3-4-10-19(16)13-14-5-1-2-6-15(14)18-11-8-17-9-12-18/h1-2,5-6,17H,3-4,7-13H2. The molecule has 2 fully saturated rings. The van der Waals surface area contributed by atoms with E-state index >= 15 is 0 Å². The fourth-order valence-electron chi connectivity index (χ4n) is 3.09. The van der Waals surface area contributed by atoms with Crippen molar-refractivity contribution in [3.8, 4) is 0 Å². The summed E-state index contributed by atoms with van der Waals surface area (Å²) in [6.45, 7) is 5.84. The lowest BCUT2D eigenvalue weighted by molar-refractivity contribution is -0.133. The molecule has 108 valence electrons. The van der Waals surface area contributed by atoms with Crippen molar-refractivity contribution in [2.24, 2.45) is 0 Å². The Kier molecular flexibility index (Phi) is 4.21. The smallest absolute Gasteiger partial charge is 0.222 e. The van der Waals surface area contributed by atoms with Crippen molar-refractivity contribution in [3.05, 3.63) is 29.8 Å². The highest BCUT2D eigenvalue weighted by molar-refractivity contribution is 5.77. The van der Waals surface area contributed by atoms with Gasteiger partial charge in [0.05, 0.1) is 0 Å². The van der Waals surface area contributed by atoms with Crippen LogP contribution in [0.1, 0.15) is 24.8 Å². The van der Waals surface area contributed by atoms with Crippen LogP contribution in [-0.2, 0) is 11.3 Å². The van der Waals surface area contributed by atoms with E-state index in [9.17, 15) is 4.79 Å². The lowest BCUT2D eigenvalue weighted by atomic mass is 10.1. The maximum absolute atomic E-state index is 12.0. The van der Waals surface area contributed by atoms with E-state index in [1.807, 2.05) is 4.90 Å². The van der Waals surface area contributed by atoms with Crippen LogP contribution >= 0.6 is 0 Å². The Labute approximate surface area is 120 Å². The van der Waals surface area contributed by atoms with E-state index in [0.29, 0.717) is 5.91 Å². The zero-order valence-corrected chi connectivity index (χ0v) is 12.0. The third-order valence-electron chi connectivity index (χ3n) is 4.23. The molecule has 2 aliphatic rings. The van der Waals surface area contributed by atoms with Crippen LogP contribution in [0.5, 0.6) is 0 Å². The van der Waals surface area contributed by atoms with Gasteiger partial charge in [0.1, 0.15) is 0 Å². The number of amides is 1. The van der Waals surface area contributed by atoms with Gasteiger partial charge in [0.15, 0.2) is 0 Å². The Hall–Kier alpha value is -1.55. The van der Waals surface area contributed by atoms with Gasteiger partial charge in [0, 0.05) is 51.4 Å². The number of nitrogens with one attached hydrogen (secondary N) is 1. The first-order valence-electron chi connectivity index (χ1n) is 7.66. The van der Waals surface area contributed by atoms with E-state index < -0.39 is 0 Å². The van der Waals surface area contributed by atoms with Gasteiger partial charge < -0.3 is 15.1 Å². The van der Waals surface area contributed by atoms with E-state index in [1.165, 1.54) is 11.3 Å². The van der Waals surface area contributed by atoms with E-state index in [1.54, 1.807) is 0 Å². The maximum Gasteiger partial charge on any atom is 0.222 e. The molecule has 0 spiro atoms. The number of rotatable bonds is 3. The molecule has 1 aromatic carbocycles. The summed E-state index contributed by atoms with van der Waals surface area (Å²) in [5.41, 5.74) is 2.58. The van der Waals surface area contributed by atoms with E-state index in [-0.39, 0.29) is 0 Å². The molecule has 2 heterocycles. The summed E-state index contributed by atoms with van der Waals surface area (Å²) in [6, 6.07) is 8.53. The van der Waals surface area contributed by atoms with Crippen molar-refractivity contribution in [3.63, 3.8) is 0 Å². The Morgan fingerprint density at radius 1 is 1.05 bits per heavy atom. The second kappa shape index (κ2) is 6.27. The van der Waals surface area contributed by atoms with Crippen molar-refractivity contribution in [2.75, 3.05) is 37.6 Å². The van der Waals surface area contributed by atoms with E-state index in [2.05, 4.69) is 34.5 Å². The first kappa shape index (κ1) is 13.4. The van der Waals surface area contributed by atoms with Gasteiger partial charge in [-0.1, -0.05) is 18.2 Å². The highest BCUT2D eigenvalue weighted by Gasteiger charge is 2.20. The summed E-state index contributed by atoms with van der Waals surface area (Å²) >= 11 is 0. The number of hydrogen-bond acceptors (Lipinski definition) is 3. The Balaban J connectivity index is 1.76. The number of para-hydroxylation sites is 1. The van der Waals surface area contributed by atoms with E-state index in [4.69, 9.17) is 0 Å². The molecule has 20 heavy (non-hydrogen) atoms. The number of anilines is 1. The minimum absolute atomic E-state index is 0.311. The summed E-state index contributed by atoms with van der Waals surface area (Å²) in [5, 5.41) is 3.39. The molecular formula is C16H23N3O. The van der Waals surface area contributed by atoms with Crippen LogP contribution in [0.25, 0.3) is 0 Å². The number of piperazine rings is 1. The van der Waals surface area contributed by atoms with Crippen LogP contribution < -0.4 is 10.2 Å². The van der Waals surface area contributed by atoms with Crippen LogP contribution in [0, 0.1) is 0 Å². The molecule has 0 bridgehead atoms. The van der Waals surface area contributed by atoms with Crippen molar-refractivity contribution in [1.82, 2.24) is 10.2 Å². The van der Waals surface area contributed by atoms with Crippen LogP contribution in [0.15, 0.2) is 24.3 Å². The predicted octanol–water partition coefficient (Wildman–Crippen LogP) is 1.61. The molecule has 4 nitrogen and oxygen atoms in total. The topological polar surface area (TPSA) is 35.6 Å². The zero-order valence-electron chi connectivity index (χ0n) is 12.0. The van der Waals surface area contributed by atoms with Crippen molar-refractivity contribution in [1.29, 1.82) is 0 Å². The molecule has 2 saturated heterocycles.